The van der Waals surface area contributed by atoms with Gasteiger partial charge < -0.3 is 15.0 Å². The molecule has 1 atom stereocenters. The van der Waals surface area contributed by atoms with Crippen molar-refractivity contribution in [3.05, 3.63) is 42.2 Å². The second-order valence-electron chi connectivity index (χ2n) is 4.84. The van der Waals surface area contributed by atoms with Crippen LogP contribution < -0.4 is 10.2 Å². The largest absolute Gasteiger partial charge is 0.373 e. The molecule has 1 unspecified atom stereocenters. The van der Waals surface area contributed by atoms with Crippen molar-refractivity contribution in [1.82, 2.24) is 20.7 Å². The van der Waals surface area contributed by atoms with Crippen molar-refractivity contribution < 1.29 is 9.53 Å². The van der Waals surface area contributed by atoms with Crippen LogP contribution in [0.3, 0.4) is 0 Å². The summed E-state index contributed by atoms with van der Waals surface area (Å²) in [5.41, 5.74) is 1.46. The van der Waals surface area contributed by atoms with E-state index >= 15 is 0 Å². The quantitative estimate of drug-likeness (QED) is 0.852. The molecule has 110 valence electrons. The fraction of sp³-hybridized carbons (Fsp3) is 0.357. The van der Waals surface area contributed by atoms with Crippen LogP contribution in [-0.2, 0) is 4.74 Å². The zero-order chi connectivity index (χ0) is 14.5. The molecule has 0 bridgehead atoms. The topological polar surface area (TPSA) is 83.1 Å². The van der Waals surface area contributed by atoms with E-state index in [-0.39, 0.29) is 17.7 Å². The first kappa shape index (κ1) is 13.6. The van der Waals surface area contributed by atoms with Gasteiger partial charge in [0.2, 0.25) is 0 Å². The minimum atomic E-state index is -0.246. The number of carbonyl (C=O) groups is 1. The Morgan fingerprint density at radius 3 is 3.05 bits per heavy atom. The highest BCUT2D eigenvalue weighted by Gasteiger charge is 2.21. The van der Waals surface area contributed by atoms with Gasteiger partial charge in [-0.05, 0) is 12.1 Å². The molecule has 7 heteroatoms. The van der Waals surface area contributed by atoms with Crippen LogP contribution in [0.5, 0.6) is 0 Å². The minimum absolute atomic E-state index is 0.0326. The first-order valence-corrected chi connectivity index (χ1v) is 6.88. The molecule has 1 aliphatic heterocycles. The van der Waals surface area contributed by atoms with Gasteiger partial charge >= 0.3 is 0 Å². The number of para-hydroxylation sites is 1. The van der Waals surface area contributed by atoms with Gasteiger partial charge in [-0.15, -0.1) is 0 Å². The average molecular weight is 287 g/mol. The number of H-pyrrole nitrogens is 1. The molecular weight excluding hydrogens is 270 g/mol. The molecular formula is C14H17N5O2. The summed E-state index contributed by atoms with van der Waals surface area (Å²) in [6.45, 7) is 2.72. The Labute approximate surface area is 122 Å². The van der Waals surface area contributed by atoms with Gasteiger partial charge in [0.25, 0.3) is 5.91 Å². The van der Waals surface area contributed by atoms with Crippen LogP contribution in [0, 0.1) is 0 Å². The van der Waals surface area contributed by atoms with Crippen molar-refractivity contribution in [2.24, 2.45) is 0 Å². The molecule has 2 N–H and O–H groups in total. The zero-order valence-electron chi connectivity index (χ0n) is 11.5. The van der Waals surface area contributed by atoms with Crippen LogP contribution in [0.4, 0.5) is 5.69 Å². The Morgan fingerprint density at radius 1 is 1.43 bits per heavy atom. The second kappa shape index (κ2) is 6.36. The molecule has 1 aromatic heterocycles. The van der Waals surface area contributed by atoms with Crippen molar-refractivity contribution in [2.45, 2.75) is 6.10 Å². The van der Waals surface area contributed by atoms with E-state index in [0.29, 0.717) is 13.2 Å². The molecule has 1 amide bonds. The molecule has 2 aromatic rings. The number of rotatable bonds is 4. The van der Waals surface area contributed by atoms with Gasteiger partial charge in [0.05, 0.1) is 18.9 Å². The van der Waals surface area contributed by atoms with Gasteiger partial charge in [0.1, 0.15) is 0 Å². The average Bonchev–Trinajstić information content (AvgIpc) is 3.08. The summed E-state index contributed by atoms with van der Waals surface area (Å²) in [5, 5.41) is 12.6. The predicted octanol–water partition coefficient (Wildman–Crippen LogP) is 0.440. The van der Waals surface area contributed by atoms with Crippen LogP contribution >= 0.6 is 0 Å². The van der Waals surface area contributed by atoms with E-state index < -0.39 is 0 Å². The number of nitrogens with zero attached hydrogens (tertiary/aromatic N) is 3. The fourth-order valence-corrected chi connectivity index (χ4v) is 2.32. The number of hydrogen-bond donors (Lipinski definition) is 2. The monoisotopic (exact) mass is 287 g/mol. The number of aromatic amines is 1. The van der Waals surface area contributed by atoms with Gasteiger partial charge in [0, 0.05) is 25.3 Å². The molecule has 1 aromatic carbocycles. The molecule has 7 nitrogen and oxygen atoms in total. The van der Waals surface area contributed by atoms with Gasteiger partial charge in [0.15, 0.2) is 5.69 Å². The van der Waals surface area contributed by atoms with E-state index in [0.717, 1.165) is 13.1 Å². The summed E-state index contributed by atoms with van der Waals surface area (Å²) in [6.07, 6.45) is 1.36. The first-order valence-electron chi connectivity index (χ1n) is 6.88. The highest BCUT2D eigenvalue weighted by atomic mass is 16.5. The molecule has 3 rings (SSSR count). The van der Waals surface area contributed by atoms with Crippen LogP contribution in [-0.4, -0.2) is 53.7 Å². The van der Waals surface area contributed by atoms with E-state index in [1.165, 1.54) is 11.9 Å². The fourth-order valence-electron chi connectivity index (χ4n) is 2.32. The predicted molar refractivity (Wildman–Crippen MR) is 77.1 cm³/mol. The summed E-state index contributed by atoms with van der Waals surface area (Å²) in [6, 6.07) is 10.2. The minimum Gasteiger partial charge on any atom is -0.373 e. The lowest BCUT2D eigenvalue weighted by molar-refractivity contribution is 0.0396. The van der Waals surface area contributed by atoms with E-state index in [9.17, 15) is 4.79 Å². The lowest BCUT2D eigenvalue weighted by Gasteiger charge is -2.34. The normalized spacial score (nSPS) is 18.5. The Balaban J connectivity index is 1.53. The molecule has 0 saturated carbocycles. The van der Waals surface area contributed by atoms with Crippen molar-refractivity contribution >= 4 is 11.6 Å². The molecule has 0 radical (unpaired) electrons. The molecule has 21 heavy (non-hydrogen) atoms. The summed E-state index contributed by atoms with van der Waals surface area (Å²) < 4.78 is 5.70. The Kier molecular flexibility index (Phi) is 4.11. The maximum atomic E-state index is 11.8. The molecule has 1 saturated heterocycles. The molecule has 0 aliphatic carbocycles. The maximum Gasteiger partial charge on any atom is 0.273 e. The Hall–Kier alpha value is -2.41. The third kappa shape index (κ3) is 3.38. The van der Waals surface area contributed by atoms with E-state index in [1.807, 2.05) is 18.2 Å². The van der Waals surface area contributed by atoms with Gasteiger partial charge in [-0.2, -0.15) is 15.4 Å². The molecule has 0 spiro atoms. The third-order valence-electron chi connectivity index (χ3n) is 3.40. The van der Waals surface area contributed by atoms with Gasteiger partial charge in [-0.3, -0.25) is 4.79 Å². The second-order valence-corrected chi connectivity index (χ2v) is 4.84. The standard InChI is InChI=1S/C14H17N5O2/c20-14(13-9-16-18-17-13)15-8-12-10-19(6-7-21-12)11-4-2-1-3-5-11/h1-5,9,12H,6-8,10H2,(H,15,20)(H,16,17,18). The number of ether oxygens (including phenoxy) is 1. The summed E-state index contributed by atoms with van der Waals surface area (Å²) in [5.74, 6) is -0.246. The highest BCUT2D eigenvalue weighted by Crippen LogP contribution is 2.16. The van der Waals surface area contributed by atoms with Gasteiger partial charge in [-0.25, -0.2) is 0 Å². The lowest BCUT2D eigenvalue weighted by Crippen LogP contribution is -2.47. The van der Waals surface area contributed by atoms with Crippen molar-refractivity contribution in [1.29, 1.82) is 0 Å². The maximum absolute atomic E-state index is 11.8. The third-order valence-corrected chi connectivity index (χ3v) is 3.40. The number of hydrogen-bond acceptors (Lipinski definition) is 5. The van der Waals surface area contributed by atoms with Crippen molar-refractivity contribution in [3.63, 3.8) is 0 Å². The van der Waals surface area contributed by atoms with E-state index in [1.54, 1.807) is 0 Å². The van der Waals surface area contributed by atoms with Crippen molar-refractivity contribution in [3.8, 4) is 0 Å². The smallest absolute Gasteiger partial charge is 0.273 e. The summed E-state index contributed by atoms with van der Waals surface area (Å²) in [4.78, 5) is 14.1. The zero-order valence-corrected chi connectivity index (χ0v) is 11.5. The Bertz CT molecular complexity index is 572. The lowest BCUT2D eigenvalue weighted by atomic mass is 10.2. The van der Waals surface area contributed by atoms with Crippen LogP contribution in [0.25, 0.3) is 0 Å². The molecule has 1 fully saturated rings. The first-order chi connectivity index (χ1) is 10.3. The number of amides is 1. The SMILES string of the molecule is O=C(NCC1CN(c2ccccc2)CCO1)c1cn[nH]n1. The van der Waals surface area contributed by atoms with Gasteiger partial charge in [-0.1, -0.05) is 18.2 Å². The van der Waals surface area contributed by atoms with Crippen LogP contribution in [0.1, 0.15) is 10.5 Å². The van der Waals surface area contributed by atoms with Crippen LogP contribution in [0.15, 0.2) is 36.5 Å². The number of nitrogens with one attached hydrogen (secondary N) is 2. The van der Waals surface area contributed by atoms with Crippen LogP contribution in [0.2, 0.25) is 0 Å². The van der Waals surface area contributed by atoms with E-state index in [2.05, 4.69) is 37.8 Å². The number of morpholine rings is 1. The number of carbonyl (C=O) groups excluding carboxylic acids is 1. The summed E-state index contributed by atoms with van der Waals surface area (Å²) in [7, 11) is 0. The number of anilines is 1. The Morgan fingerprint density at radius 2 is 2.29 bits per heavy atom. The number of benzene rings is 1. The van der Waals surface area contributed by atoms with Crippen molar-refractivity contribution in [2.75, 3.05) is 31.1 Å². The highest BCUT2D eigenvalue weighted by molar-refractivity contribution is 5.91. The molecule has 2 heterocycles. The number of aromatic nitrogens is 3. The summed E-state index contributed by atoms with van der Waals surface area (Å²) >= 11 is 0. The molecule has 1 aliphatic rings. The van der Waals surface area contributed by atoms with E-state index in [4.69, 9.17) is 4.74 Å².